The molecule has 0 aliphatic rings. The molecule has 0 fully saturated rings. The van der Waals surface area contributed by atoms with E-state index in [0.29, 0.717) is 0 Å². The van der Waals surface area contributed by atoms with E-state index in [1.807, 2.05) is 13.8 Å². The third-order valence-corrected chi connectivity index (χ3v) is 1.79. The molecule has 1 aromatic rings. The highest BCUT2D eigenvalue weighted by atomic mass is 19.4. The van der Waals surface area contributed by atoms with Crippen LogP contribution >= 0.6 is 0 Å². The van der Waals surface area contributed by atoms with Gasteiger partial charge in [-0.05, 0) is 29.7 Å². The monoisotopic (exact) mass is 187 g/mol. The van der Waals surface area contributed by atoms with Crippen LogP contribution in [0.2, 0.25) is 0 Å². The molecule has 0 amide bonds. The minimum Gasteiger partial charge on any atom is -0.166 e. The first-order valence-electron chi connectivity index (χ1n) is 4.00. The number of alkyl halides is 3. The lowest BCUT2D eigenvalue weighted by Crippen LogP contribution is -2.04. The molecule has 0 unspecified atom stereocenters. The Kier molecular flexibility index (Phi) is 2.64. The van der Waals surface area contributed by atoms with Gasteiger partial charge in [-0.15, -0.1) is 0 Å². The molecule has 0 bridgehead atoms. The summed E-state index contributed by atoms with van der Waals surface area (Å²) in [5, 5.41) is 0. The van der Waals surface area contributed by atoms with Crippen LogP contribution in [0.1, 0.15) is 30.9 Å². The first-order valence-corrected chi connectivity index (χ1v) is 4.00. The molecule has 0 saturated heterocycles. The highest BCUT2D eigenvalue weighted by Gasteiger charge is 2.29. The summed E-state index contributed by atoms with van der Waals surface area (Å²) in [6.07, 6.45) is -4.26. The molecular formula is C10H10F3. The van der Waals surface area contributed by atoms with Gasteiger partial charge in [0, 0.05) is 0 Å². The van der Waals surface area contributed by atoms with E-state index >= 15 is 0 Å². The highest BCUT2D eigenvalue weighted by molar-refractivity contribution is 5.25. The fourth-order valence-corrected chi connectivity index (χ4v) is 0.972. The molecule has 0 aromatic heterocycles. The lowest BCUT2D eigenvalue weighted by Gasteiger charge is -2.08. The van der Waals surface area contributed by atoms with Crippen molar-refractivity contribution in [2.45, 2.75) is 25.9 Å². The second-order valence-corrected chi connectivity index (χ2v) is 3.19. The van der Waals surface area contributed by atoms with E-state index in [1.54, 1.807) is 0 Å². The minimum absolute atomic E-state index is 0.210. The quantitative estimate of drug-likeness (QED) is 0.629. The average Bonchev–Trinajstić information content (AvgIpc) is 2.03. The molecule has 71 valence electrons. The fraction of sp³-hybridized carbons (Fsp3) is 0.400. The normalized spacial score (nSPS) is 12.2. The summed E-state index contributed by atoms with van der Waals surface area (Å²) in [6.45, 7) is 3.83. The van der Waals surface area contributed by atoms with Crippen molar-refractivity contribution >= 4 is 0 Å². The molecule has 13 heavy (non-hydrogen) atoms. The Morgan fingerprint density at radius 2 is 1.85 bits per heavy atom. The van der Waals surface area contributed by atoms with Gasteiger partial charge in [0.05, 0.1) is 5.56 Å². The number of rotatable bonds is 1. The maximum absolute atomic E-state index is 12.1. The van der Waals surface area contributed by atoms with Crippen molar-refractivity contribution in [3.05, 3.63) is 35.4 Å². The van der Waals surface area contributed by atoms with Crippen molar-refractivity contribution < 1.29 is 13.2 Å². The van der Waals surface area contributed by atoms with E-state index in [1.165, 1.54) is 6.07 Å². The highest BCUT2D eigenvalue weighted by Crippen LogP contribution is 2.29. The summed E-state index contributed by atoms with van der Waals surface area (Å²) in [5.41, 5.74) is 0.157. The summed E-state index contributed by atoms with van der Waals surface area (Å²) >= 11 is 0. The molecule has 0 nitrogen and oxygen atoms in total. The van der Waals surface area contributed by atoms with Gasteiger partial charge < -0.3 is 0 Å². The van der Waals surface area contributed by atoms with Gasteiger partial charge >= 0.3 is 6.18 Å². The summed E-state index contributed by atoms with van der Waals surface area (Å²) in [7, 11) is 0. The van der Waals surface area contributed by atoms with Crippen LogP contribution < -0.4 is 0 Å². The molecule has 0 atom stereocenters. The molecule has 1 aromatic carbocycles. The van der Waals surface area contributed by atoms with Crippen molar-refractivity contribution in [3.8, 4) is 0 Å². The van der Waals surface area contributed by atoms with Gasteiger partial charge in [0.15, 0.2) is 0 Å². The Morgan fingerprint density at radius 1 is 1.23 bits per heavy atom. The third kappa shape index (κ3) is 2.47. The number of hydrogen-bond donors (Lipinski definition) is 0. The maximum atomic E-state index is 12.1. The second-order valence-electron chi connectivity index (χ2n) is 3.19. The second kappa shape index (κ2) is 3.40. The molecule has 1 rings (SSSR count). The van der Waals surface area contributed by atoms with Crippen molar-refractivity contribution in [1.29, 1.82) is 0 Å². The third-order valence-electron chi connectivity index (χ3n) is 1.79. The van der Waals surface area contributed by atoms with E-state index < -0.39 is 11.7 Å². The number of halogens is 3. The van der Waals surface area contributed by atoms with Gasteiger partial charge in [-0.1, -0.05) is 19.9 Å². The van der Waals surface area contributed by atoms with E-state index in [0.717, 1.165) is 17.7 Å². The minimum atomic E-state index is -4.26. The van der Waals surface area contributed by atoms with Crippen LogP contribution in [0, 0.1) is 6.07 Å². The van der Waals surface area contributed by atoms with Crippen LogP contribution in [0.4, 0.5) is 13.2 Å². The van der Waals surface area contributed by atoms with Gasteiger partial charge in [0.25, 0.3) is 0 Å². The first-order chi connectivity index (χ1) is 5.91. The fourth-order valence-electron chi connectivity index (χ4n) is 0.972. The SMILES string of the molecule is CC(C)c1[c]cc(C(F)(F)F)cc1. The Hall–Kier alpha value is -0.990. The lowest BCUT2D eigenvalue weighted by atomic mass is 10.0. The van der Waals surface area contributed by atoms with Crippen LogP contribution in [0.15, 0.2) is 18.2 Å². The zero-order valence-corrected chi connectivity index (χ0v) is 7.44. The van der Waals surface area contributed by atoms with E-state index in [4.69, 9.17) is 0 Å². The first kappa shape index (κ1) is 10.1. The predicted molar refractivity (Wildman–Crippen MR) is 44.4 cm³/mol. The smallest absolute Gasteiger partial charge is 0.166 e. The number of benzene rings is 1. The topological polar surface area (TPSA) is 0 Å². The Balaban J connectivity index is 2.94. The zero-order chi connectivity index (χ0) is 10.1. The molecule has 0 saturated carbocycles. The summed E-state index contributed by atoms with van der Waals surface area (Å²) in [4.78, 5) is 0. The Morgan fingerprint density at radius 3 is 2.15 bits per heavy atom. The molecule has 0 N–H and O–H groups in total. The van der Waals surface area contributed by atoms with Crippen LogP contribution in [-0.2, 0) is 6.18 Å². The van der Waals surface area contributed by atoms with Crippen LogP contribution in [0.5, 0.6) is 0 Å². The van der Waals surface area contributed by atoms with Gasteiger partial charge in [0.1, 0.15) is 0 Å². The molecule has 3 heteroatoms. The van der Waals surface area contributed by atoms with Gasteiger partial charge in [0.2, 0.25) is 0 Å². The molecule has 0 aliphatic heterocycles. The van der Waals surface area contributed by atoms with E-state index in [2.05, 4.69) is 6.07 Å². The molecule has 0 aliphatic carbocycles. The molecule has 1 radical (unpaired) electrons. The standard InChI is InChI=1S/C10H10F3/c1-7(2)8-3-5-9(6-4-8)10(11,12)13/h3,5-7H,1-2H3. The van der Waals surface area contributed by atoms with Crippen molar-refractivity contribution in [1.82, 2.24) is 0 Å². The lowest BCUT2D eigenvalue weighted by molar-refractivity contribution is -0.137. The van der Waals surface area contributed by atoms with Crippen molar-refractivity contribution in [2.24, 2.45) is 0 Å². The van der Waals surface area contributed by atoms with Crippen LogP contribution in [0.25, 0.3) is 0 Å². The Labute approximate surface area is 75.4 Å². The summed E-state index contributed by atoms with van der Waals surface area (Å²) in [5.74, 6) is 0.210. The van der Waals surface area contributed by atoms with Crippen LogP contribution in [-0.4, -0.2) is 0 Å². The predicted octanol–water partition coefficient (Wildman–Crippen LogP) is 3.63. The average molecular weight is 187 g/mol. The van der Waals surface area contributed by atoms with Gasteiger partial charge in [-0.2, -0.15) is 13.2 Å². The van der Waals surface area contributed by atoms with E-state index in [-0.39, 0.29) is 5.92 Å². The van der Waals surface area contributed by atoms with E-state index in [9.17, 15) is 13.2 Å². The number of hydrogen-bond acceptors (Lipinski definition) is 0. The molecular weight excluding hydrogens is 177 g/mol. The maximum Gasteiger partial charge on any atom is 0.416 e. The summed E-state index contributed by atoms with van der Waals surface area (Å²) < 4.78 is 36.3. The van der Waals surface area contributed by atoms with Crippen molar-refractivity contribution in [2.75, 3.05) is 0 Å². The van der Waals surface area contributed by atoms with Crippen molar-refractivity contribution in [3.63, 3.8) is 0 Å². The summed E-state index contributed by atoms with van der Waals surface area (Å²) in [6, 6.07) is 6.17. The molecule has 0 spiro atoms. The van der Waals surface area contributed by atoms with Crippen LogP contribution in [0.3, 0.4) is 0 Å². The zero-order valence-electron chi connectivity index (χ0n) is 7.44. The molecule has 0 heterocycles. The largest absolute Gasteiger partial charge is 0.416 e. The van der Waals surface area contributed by atoms with Gasteiger partial charge in [-0.25, -0.2) is 0 Å². The Bertz CT molecular complexity index is 269. The van der Waals surface area contributed by atoms with Gasteiger partial charge in [-0.3, -0.25) is 0 Å².